The molecule has 0 amide bonds. The Balaban J connectivity index is 2.53. The molecule has 0 saturated carbocycles. The Kier molecular flexibility index (Phi) is 4.49. The van der Waals surface area contributed by atoms with E-state index in [0.717, 1.165) is 12.1 Å². The van der Waals surface area contributed by atoms with Gasteiger partial charge in [-0.1, -0.05) is 0 Å². The Bertz CT molecular complexity index is 356. The first-order valence-electron chi connectivity index (χ1n) is 5.10. The van der Waals surface area contributed by atoms with Crippen LogP contribution in [0.2, 0.25) is 0 Å². The molecule has 0 atom stereocenters. The van der Waals surface area contributed by atoms with E-state index in [9.17, 15) is 8.78 Å². The van der Waals surface area contributed by atoms with Gasteiger partial charge in [0.05, 0.1) is 24.1 Å². The maximum absolute atomic E-state index is 13.0. The molecule has 0 saturated heterocycles. The monoisotopic (exact) mass is 230 g/mol. The number of nitrogen functional groups attached to an aromatic ring is 1. The van der Waals surface area contributed by atoms with E-state index < -0.39 is 11.6 Å². The molecule has 1 aromatic carbocycles. The van der Waals surface area contributed by atoms with Crippen molar-refractivity contribution in [3.63, 3.8) is 0 Å². The van der Waals surface area contributed by atoms with Crippen LogP contribution < -0.4 is 11.1 Å². The molecule has 0 spiro atoms. The lowest BCUT2D eigenvalue weighted by atomic mass is 10.2. The van der Waals surface area contributed by atoms with Gasteiger partial charge in [-0.15, -0.1) is 0 Å². The van der Waals surface area contributed by atoms with Crippen molar-refractivity contribution in [3.05, 3.63) is 23.8 Å². The summed E-state index contributed by atoms with van der Waals surface area (Å²) in [4.78, 5) is 0. The average molecular weight is 230 g/mol. The summed E-state index contributed by atoms with van der Waals surface area (Å²) >= 11 is 0. The number of benzene rings is 1. The standard InChI is InChI=1S/C11H16F2N2O/c1-7(2)16-4-3-15-10-6-8(12)5-9(13)11(10)14/h5-7,15H,3-4,14H2,1-2H3. The Morgan fingerprint density at radius 3 is 2.69 bits per heavy atom. The van der Waals surface area contributed by atoms with E-state index in [1.165, 1.54) is 0 Å². The molecule has 0 aromatic heterocycles. The van der Waals surface area contributed by atoms with Gasteiger partial charge < -0.3 is 15.8 Å². The normalized spacial score (nSPS) is 10.8. The number of nitrogens with two attached hydrogens (primary N) is 1. The van der Waals surface area contributed by atoms with Crippen molar-refractivity contribution in [2.24, 2.45) is 0 Å². The van der Waals surface area contributed by atoms with Crippen molar-refractivity contribution in [1.82, 2.24) is 0 Å². The van der Waals surface area contributed by atoms with E-state index >= 15 is 0 Å². The van der Waals surface area contributed by atoms with Crippen LogP contribution in [-0.2, 0) is 4.74 Å². The third-order valence-electron chi connectivity index (χ3n) is 1.96. The second-order valence-corrected chi connectivity index (χ2v) is 3.70. The molecule has 1 rings (SSSR count). The van der Waals surface area contributed by atoms with Gasteiger partial charge in [-0.05, 0) is 19.9 Å². The number of anilines is 2. The lowest BCUT2D eigenvalue weighted by molar-refractivity contribution is 0.0870. The first-order chi connectivity index (χ1) is 7.50. The summed E-state index contributed by atoms with van der Waals surface area (Å²) in [5.41, 5.74) is 5.63. The van der Waals surface area contributed by atoms with Crippen LogP contribution >= 0.6 is 0 Å². The predicted octanol–water partition coefficient (Wildman–Crippen LogP) is 2.38. The van der Waals surface area contributed by atoms with Crippen LogP contribution in [0.3, 0.4) is 0 Å². The SMILES string of the molecule is CC(C)OCCNc1cc(F)cc(F)c1N. The fourth-order valence-electron chi connectivity index (χ4n) is 1.21. The van der Waals surface area contributed by atoms with Gasteiger partial charge in [0.2, 0.25) is 0 Å². The molecule has 90 valence electrons. The molecule has 0 aliphatic heterocycles. The van der Waals surface area contributed by atoms with E-state index in [2.05, 4.69) is 5.32 Å². The minimum absolute atomic E-state index is 0.0778. The highest BCUT2D eigenvalue weighted by atomic mass is 19.1. The van der Waals surface area contributed by atoms with Gasteiger partial charge in [-0.25, -0.2) is 8.78 Å². The Morgan fingerprint density at radius 2 is 2.06 bits per heavy atom. The van der Waals surface area contributed by atoms with Crippen molar-refractivity contribution >= 4 is 11.4 Å². The van der Waals surface area contributed by atoms with Crippen LogP contribution in [0, 0.1) is 11.6 Å². The van der Waals surface area contributed by atoms with Crippen LogP contribution in [0.1, 0.15) is 13.8 Å². The van der Waals surface area contributed by atoms with Crippen LogP contribution in [0.15, 0.2) is 12.1 Å². The van der Waals surface area contributed by atoms with E-state index in [-0.39, 0.29) is 17.5 Å². The summed E-state index contributed by atoms with van der Waals surface area (Å²) in [6.07, 6.45) is 0.128. The quantitative estimate of drug-likeness (QED) is 0.603. The zero-order valence-electron chi connectivity index (χ0n) is 9.39. The second-order valence-electron chi connectivity index (χ2n) is 3.70. The number of rotatable bonds is 5. The summed E-state index contributed by atoms with van der Waals surface area (Å²) in [5, 5.41) is 2.82. The number of ether oxygens (including phenoxy) is 1. The summed E-state index contributed by atoms with van der Waals surface area (Å²) in [5.74, 6) is -1.41. The Morgan fingerprint density at radius 1 is 1.38 bits per heavy atom. The molecule has 0 fully saturated rings. The molecular weight excluding hydrogens is 214 g/mol. The molecular formula is C11H16F2N2O. The van der Waals surface area contributed by atoms with Crippen molar-refractivity contribution in [1.29, 1.82) is 0 Å². The van der Waals surface area contributed by atoms with Crippen molar-refractivity contribution in [3.8, 4) is 0 Å². The largest absolute Gasteiger partial charge is 0.395 e. The van der Waals surface area contributed by atoms with Gasteiger partial charge in [0.15, 0.2) is 5.82 Å². The van der Waals surface area contributed by atoms with Crippen molar-refractivity contribution in [2.45, 2.75) is 20.0 Å². The summed E-state index contributed by atoms with van der Waals surface area (Å²) in [7, 11) is 0. The minimum Gasteiger partial charge on any atom is -0.395 e. The van der Waals surface area contributed by atoms with Crippen LogP contribution in [-0.4, -0.2) is 19.3 Å². The maximum atomic E-state index is 13.0. The molecule has 3 N–H and O–H groups in total. The summed E-state index contributed by atoms with van der Waals surface area (Å²) < 4.78 is 31.2. The number of hydrogen-bond acceptors (Lipinski definition) is 3. The van der Waals surface area contributed by atoms with E-state index in [0.29, 0.717) is 13.2 Å². The molecule has 3 nitrogen and oxygen atoms in total. The summed E-state index contributed by atoms with van der Waals surface area (Å²) in [6, 6.07) is 1.92. The first kappa shape index (κ1) is 12.7. The molecule has 5 heteroatoms. The fraction of sp³-hybridized carbons (Fsp3) is 0.455. The van der Waals surface area contributed by atoms with Crippen LogP contribution in [0.5, 0.6) is 0 Å². The van der Waals surface area contributed by atoms with Gasteiger partial charge >= 0.3 is 0 Å². The summed E-state index contributed by atoms with van der Waals surface area (Å²) in [6.45, 7) is 4.73. The van der Waals surface area contributed by atoms with Gasteiger partial charge in [0.25, 0.3) is 0 Å². The van der Waals surface area contributed by atoms with Gasteiger partial charge in [-0.3, -0.25) is 0 Å². The highest BCUT2D eigenvalue weighted by molar-refractivity contribution is 5.66. The average Bonchev–Trinajstić information content (AvgIpc) is 2.19. The molecule has 1 aromatic rings. The third-order valence-corrected chi connectivity index (χ3v) is 1.96. The Hall–Kier alpha value is -1.36. The number of nitrogens with one attached hydrogen (secondary N) is 1. The fourth-order valence-corrected chi connectivity index (χ4v) is 1.21. The molecule has 0 bridgehead atoms. The number of hydrogen-bond donors (Lipinski definition) is 2. The lowest BCUT2D eigenvalue weighted by Gasteiger charge is -2.11. The van der Waals surface area contributed by atoms with Gasteiger partial charge in [-0.2, -0.15) is 0 Å². The zero-order chi connectivity index (χ0) is 12.1. The molecule has 16 heavy (non-hydrogen) atoms. The number of halogens is 2. The van der Waals surface area contributed by atoms with Gasteiger partial charge in [0, 0.05) is 12.6 Å². The second kappa shape index (κ2) is 5.65. The van der Waals surface area contributed by atoms with E-state index in [1.54, 1.807) is 0 Å². The Labute approximate surface area is 93.6 Å². The van der Waals surface area contributed by atoms with Crippen molar-refractivity contribution < 1.29 is 13.5 Å². The van der Waals surface area contributed by atoms with Crippen molar-refractivity contribution in [2.75, 3.05) is 24.2 Å². The van der Waals surface area contributed by atoms with E-state index in [4.69, 9.17) is 10.5 Å². The topological polar surface area (TPSA) is 47.3 Å². The highest BCUT2D eigenvalue weighted by Gasteiger charge is 2.07. The molecule has 0 aliphatic carbocycles. The molecule has 0 unspecified atom stereocenters. The zero-order valence-corrected chi connectivity index (χ0v) is 9.39. The minimum atomic E-state index is -0.757. The van der Waals surface area contributed by atoms with Gasteiger partial charge in [0.1, 0.15) is 5.82 Å². The smallest absolute Gasteiger partial charge is 0.151 e. The highest BCUT2D eigenvalue weighted by Crippen LogP contribution is 2.22. The van der Waals surface area contributed by atoms with Crippen LogP contribution in [0.25, 0.3) is 0 Å². The molecule has 0 heterocycles. The predicted molar refractivity (Wildman–Crippen MR) is 60.3 cm³/mol. The maximum Gasteiger partial charge on any atom is 0.151 e. The third kappa shape index (κ3) is 3.66. The van der Waals surface area contributed by atoms with Crippen LogP contribution in [0.4, 0.5) is 20.2 Å². The van der Waals surface area contributed by atoms with E-state index in [1.807, 2.05) is 13.8 Å². The lowest BCUT2D eigenvalue weighted by Crippen LogP contribution is -2.14. The first-order valence-corrected chi connectivity index (χ1v) is 5.10. The molecule has 0 radical (unpaired) electrons. The molecule has 0 aliphatic rings.